The average molecular weight is 297 g/mol. The van der Waals surface area contributed by atoms with Crippen LogP contribution in [0.4, 0.5) is 0 Å². The minimum absolute atomic E-state index is 0.304. The Balaban J connectivity index is 1.92. The molecule has 0 saturated carbocycles. The molecule has 122 valence electrons. The molecule has 2 aliphatic rings. The molecule has 2 heterocycles. The summed E-state index contributed by atoms with van der Waals surface area (Å²) in [6, 6.07) is 0.999. The summed E-state index contributed by atoms with van der Waals surface area (Å²) in [5.41, 5.74) is -0.817. The molecule has 0 amide bonds. The predicted octanol–water partition coefficient (Wildman–Crippen LogP) is 1.39. The molecule has 0 aliphatic carbocycles. The maximum Gasteiger partial charge on any atom is 0.323 e. The molecule has 0 aromatic heterocycles. The lowest BCUT2D eigenvalue weighted by molar-refractivity contribution is -0.145. The van der Waals surface area contributed by atoms with E-state index in [-0.39, 0.29) is 0 Å². The number of rotatable bonds is 7. The van der Waals surface area contributed by atoms with Crippen molar-refractivity contribution < 1.29 is 9.90 Å². The van der Waals surface area contributed by atoms with E-state index >= 15 is 0 Å². The molecule has 3 unspecified atom stereocenters. The molecule has 0 bridgehead atoms. The van der Waals surface area contributed by atoms with Gasteiger partial charge in [0.2, 0.25) is 0 Å². The molecule has 21 heavy (non-hydrogen) atoms. The van der Waals surface area contributed by atoms with Gasteiger partial charge in [0, 0.05) is 31.7 Å². The van der Waals surface area contributed by atoms with Crippen LogP contribution in [0.15, 0.2) is 0 Å². The molecular formula is C16H31N3O2. The fourth-order valence-electron chi connectivity index (χ4n) is 3.77. The highest BCUT2D eigenvalue weighted by Crippen LogP contribution is 2.25. The second kappa shape index (κ2) is 7.07. The molecule has 5 nitrogen and oxygen atoms in total. The molecule has 2 rings (SSSR count). The molecule has 0 aromatic rings. The average Bonchev–Trinajstić information content (AvgIpc) is 2.92. The largest absolute Gasteiger partial charge is 0.480 e. The molecule has 0 radical (unpaired) electrons. The fourth-order valence-corrected chi connectivity index (χ4v) is 3.77. The number of piperazine rings is 1. The van der Waals surface area contributed by atoms with Gasteiger partial charge in [-0.15, -0.1) is 0 Å². The molecule has 2 N–H and O–H groups in total. The quantitative estimate of drug-likeness (QED) is 0.744. The second-order valence-electron chi connectivity index (χ2n) is 6.94. The Bertz CT molecular complexity index is 363. The Hall–Kier alpha value is -0.650. The smallest absolute Gasteiger partial charge is 0.323 e. The van der Waals surface area contributed by atoms with Crippen LogP contribution in [0.1, 0.15) is 46.5 Å². The number of fused-ring (bicyclic) bond motifs is 1. The molecule has 2 fully saturated rings. The number of carboxylic acids is 1. The molecule has 3 atom stereocenters. The fraction of sp³-hybridized carbons (Fsp3) is 0.938. The van der Waals surface area contributed by atoms with Crippen molar-refractivity contribution >= 4 is 5.97 Å². The van der Waals surface area contributed by atoms with E-state index in [2.05, 4.69) is 29.0 Å². The maximum absolute atomic E-state index is 11.6. The monoisotopic (exact) mass is 297 g/mol. The van der Waals surface area contributed by atoms with E-state index in [4.69, 9.17) is 0 Å². The Morgan fingerprint density at radius 1 is 1.43 bits per heavy atom. The topological polar surface area (TPSA) is 55.8 Å². The molecular weight excluding hydrogens is 266 g/mol. The zero-order chi connectivity index (χ0) is 15.5. The Morgan fingerprint density at radius 3 is 2.86 bits per heavy atom. The van der Waals surface area contributed by atoms with Crippen LogP contribution in [0.25, 0.3) is 0 Å². The zero-order valence-electron chi connectivity index (χ0n) is 13.8. The van der Waals surface area contributed by atoms with Gasteiger partial charge < -0.3 is 10.4 Å². The van der Waals surface area contributed by atoms with E-state index < -0.39 is 11.5 Å². The van der Waals surface area contributed by atoms with Gasteiger partial charge in [0.15, 0.2) is 0 Å². The molecule has 5 heteroatoms. The standard InChI is InChI=1S/C16H31N3O2/c1-4-7-17-16(3,15(20)21)11-13(2)19-10-9-18-8-5-6-14(18)12-19/h13-14,17H,4-12H2,1-3H3,(H,20,21). The van der Waals surface area contributed by atoms with E-state index in [0.717, 1.165) is 32.6 Å². The third-order valence-corrected chi connectivity index (χ3v) is 5.18. The van der Waals surface area contributed by atoms with Crippen LogP contribution < -0.4 is 5.32 Å². The van der Waals surface area contributed by atoms with Crippen molar-refractivity contribution in [2.45, 2.75) is 64.1 Å². The van der Waals surface area contributed by atoms with Gasteiger partial charge in [0.1, 0.15) is 5.54 Å². The summed E-state index contributed by atoms with van der Waals surface area (Å²) in [6.07, 6.45) is 4.23. The Labute approximate surface area is 128 Å². The minimum Gasteiger partial charge on any atom is -0.480 e. The van der Waals surface area contributed by atoms with Gasteiger partial charge >= 0.3 is 5.97 Å². The van der Waals surface area contributed by atoms with Gasteiger partial charge in [0.25, 0.3) is 0 Å². The number of hydrogen-bond acceptors (Lipinski definition) is 4. The number of carbonyl (C=O) groups is 1. The van der Waals surface area contributed by atoms with Crippen LogP contribution in [0.2, 0.25) is 0 Å². The number of hydrogen-bond donors (Lipinski definition) is 2. The highest BCUT2D eigenvalue weighted by Gasteiger charge is 2.38. The maximum atomic E-state index is 11.6. The number of nitrogens with zero attached hydrogens (tertiary/aromatic N) is 2. The first-order valence-electron chi connectivity index (χ1n) is 8.43. The highest BCUT2D eigenvalue weighted by molar-refractivity contribution is 5.78. The van der Waals surface area contributed by atoms with E-state index in [1.54, 1.807) is 0 Å². The molecule has 0 spiro atoms. The Morgan fingerprint density at radius 2 is 2.19 bits per heavy atom. The summed E-state index contributed by atoms with van der Waals surface area (Å²) < 4.78 is 0. The first kappa shape index (κ1) is 16.7. The summed E-state index contributed by atoms with van der Waals surface area (Å²) in [5, 5.41) is 12.8. The van der Waals surface area contributed by atoms with Gasteiger partial charge in [-0.05, 0) is 52.6 Å². The SMILES string of the molecule is CCCNC(C)(CC(C)N1CCN2CCCC2C1)C(=O)O. The van der Waals surface area contributed by atoms with Crippen molar-refractivity contribution in [3.63, 3.8) is 0 Å². The molecule has 2 saturated heterocycles. The molecule has 0 aromatic carbocycles. The van der Waals surface area contributed by atoms with Gasteiger partial charge in [-0.25, -0.2) is 0 Å². The predicted molar refractivity (Wildman–Crippen MR) is 84.6 cm³/mol. The summed E-state index contributed by atoms with van der Waals surface area (Å²) in [7, 11) is 0. The van der Waals surface area contributed by atoms with Crippen LogP contribution in [0.3, 0.4) is 0 Å². The summed E-state index contributed by atoms with van der Waals surface area (Å²) in [6.45, 7) is 11.4. The van der Waals surface area contributed by atoms with Crippen molar-refractivity contribution in [3.8, 4) is 0 Å². The van der Waals surface area contributed by atoms with Gasteiger partial charge in [-0.2, -0.15) is 0 Å². The van der Waals surface area contributed by atoms with Crippen molar-refractivity contribution in [2.24, 2.45) is 0 Å². The highest BCUT2D eigenvalue weighted by atomic mass is 16.4. The van der Waals surface area contributed by atoms with Gasteiger partial charge in [0.05, 0.1) is 0 Å². The third-order valence-electron chi connectivity index (χ3n) is 5.18. The van der Waals surface area contributed by atoms with Gasteiger partial charge in [-0.1, -0.05) is 6.92 Å². The Kier molecular flexibility index (Phi) is 5.63. The lowest BCUT2D eigenvalue weighted by atomic mass is 9.92. The lowest BCUT2D eigenvalue weighted by Crippen LogP contribution is -2.57. The van der Waals surface area contributed by atoms with Crippen LogP contribution >= 0.6 is 0 Å². The van der Waals surface area contributed by atoms with Crippen molar-refractivity contribution in [1.29, 1.82) is 0 Å². The summed E-state index contributed by atoms with van der Waals surface area (Å²) in [5.74, 6) is -0.734. The number of aliphatic carboxylic acids is 1. The summed E-state index contributed by atoms with van der Waals surface area (Å²) >= 11 is 0. The zero-order valence-corrected chi connectivity index (χ0v) is 13.8. The van der Waals surface area contributed by atoms with Gasteiger partial charge in [-0.3, -0.25) is 14.6 Å². The lowest BCUT2D eigenvalue weighted by Gasteiger charge is -2.42. The van der Waals surface area contributed by atoms with Crippen molar-refractivity contribution in [3.05, 3.63) is 0 Å². The van der Waals surface area contributed by atoms with Crippen LogP contribution in [0, 0.1) is 0 Å². The van der Waals surface area contributed by atoms with E-state index in [1.165, 1.54) is 19.4 Å². The van der Waals surface area contributed by atoms with E-state index in [0.29, 0.717) is 18.5 Å². The van der Waals surface area contributed by atoms with Crippen LogP contribution in [-0.4, -0.2) is 71.2 Å². The van der Waals surface area contributed by atoms with Crippen molar-refractivity contribution in [1.82, 2.24) is 15.1 Å². The number of nitrogens with one attached hydrogen (secondary N) is 1. The van der Waals surface area contributed by atoms with E-state index in [1.807, 2.05) is 6.92 Å². The third kappa shape index (κ3) is 3.96. The minimum atomic E-state index is -0.817. The molecule has 2 aliphatic heterocycles. The normalized spacial score (nSPS) is 28.0. The van der Waals surface area contributed by atoms with Crippen LogP contribution in [0.5, 0.6) is 0 Å². The van der Waals surface area contributed by atoms with Crippen LogP contribution in [-0.2, 0) is 4.79 Å². The number of carboxylic acid groups (broad SMARTS) is 1. The van der Waals surface area contributed by atoms with E-state index in [9.17, 15) is 9.90 Å². The first-order chi connectivity index (χ1) is 9.96. The van der Waals surface area contributed by atoms with Crippen molar-refractivity contribution in [2.75, 3.05) is 32.7 Å². The second-order valence-corrected chi connectivity index (χ2v) is 6.94. The first-order valence-corrected chi connectivity index (χ1v) is 8.43. The summed E-state index contributed by atoms with van der Waals surface area (Å²) in [4.78, 5) is 16.7.